The fourth-order valence-corrected chi connectivity index (χ4v) is 5.83. The second-order valence-electron chi connectivity index (χ2n) is 10.5. The SMILES string of the molecule is CCOc1ccccc1C1C(C(=O)Nc2ccccc2CC)C(=O)CC(C)(O)C1C(=O)Nc1ccccc1CC. The lowest BCUT2D eigenvalue weighted by Crippen LogP contribution is -2.56. The first kappa shape index (κ1) is 29.0. The topological polar surface area (TPSA) is 105 Å². The summed E-state index contributed by atoms with van der Waals surface area (Å²) in [4.78, 5) is 41.7. The first-order chi connectivity index (χ1) is 19.2. The number of carbonyl (C=O) groups excluding carboxylic acids is 3. The molecule has 0 aromatic heterocycles. The van der Waals surface area contributed by atoms with Crippen molar-refractivity contribution in [3.05, 3.63) is 89.5 Å². The number of aliphatic hydroxyl groups is 1. The highest BCUT2D eigenvalue weighted by atomic mass is 16.5. The van der Waals surface area contributed by atoms with E-state index in [9.17, 15) is 19.5 Å². The second-order valence-corrected chi connectivity index (χ2v) is 10.5. The van der Waals surface area contributed by atoms with Gasteiger partial charge in [0.25, 0.3) is 0 Å². The van der Waals surface area contributed by atoms with E-state index in [1.54, 1.807) is 30.3 Å². The summed E-state index contributed by atoms with van der Waals surface area (Å²) < 4.78 is 5.90. The molecule has 40 heavy (non-hydrogen) atoms. The number of hydrogen-bond acceptors (Lipinski definition) is 5. The molecule has 7 nitrogen and oxygen atoms in total. The van der Waals surface area contributed by atoms with Crippen molar-refractivity contribution < 1.29 is 24.2 Å². The van der Waals surface area contributed by atoms with Crippen molar-refractivity contribution in [1.82, 2.24) is 0 Å². The molecule has 4 unspecified atom stereocenters. The minimum atomic E-state index is -1.70. The van der Waals surface area contributed by atoms with E-state index < -0.39 is 41.0 Å². The quantitative estimate of drug-likeness (QED) is 0.309. The maximum absolute atomic E-state index is 14.1. The van der Waals surface area contributed by atoms with Crippen LogP contribution in [0.2, 0.25) is 0 Å². The molecule has 1 aliphatic carbocycles. The highest BCUT2D eigenvalue weighted by Gasteiger charge is 2.56. The van der Waals surface area contributed by atoms with Gasteiger partial charge in [0.15, 0.2) is 0 Å². The van der Waals surface area contributed by atoms with Crippen LogP contribution in [-0.2, 0) is 27.2 Å². The van der Waals surface area contributed by atoms with Gasteiger partial charge in [-0.15, -0.1) is 0 Å². The Bertz CT molecular complexity index is 1380. The van der Waals surface area contributed by atoms with Gasteiger partial charge in [-0.2, -0.15) is 0 Å². The summed E-state index contributed by atoms with van der Waals surface area (Å²) in [5, 5.41) is 17.6. The summed E-state index contributed by atoms with van der Waals surface area (Å²) in [5.74, 6) is -4.23. The molecule has 2 amide bonds. The maximum Gasteiger partial charge on any atom is 0.235 e. The number of ether oxygens (including phenoxy) is 1. The van der Waals surface area contributed by atoms with Crippen LogP contribution >= 0.6 is 0 Å². The minimum absolute atomic E-state index is 0.332. The predicted octanol–water partition coefficient (Wildman–Crippen LogP) is 5.53. The van der Waals surface area contributed by atoms with Crippen LogP contribution in [0.15, 0.2) is 72.8 Å². The molecular formula is C33H38N2O5. The molecular weight excluding hydrogens is 504 g/mol. The standard InChI is InChI=1S/C33H38N2O5/c1-5-21-14-8-11-17-24(21)34-31(37)29-26(36)20-33(4,39)30(28(29)23-16-10-13-19-27(23)40-7-3)32(38)35-25-18-12-9-15-22(25)6-2/h8-19,28-30,39H,5-7,20H2,1-4H3,(H,34,37)(H,35,38). The molecule has 0 heterocycles. The van der Waals surface area contributed by atoms with Gasteiger partial charge in [0.1, 0.15) is 17.5 Å². The molecule has 3 aromatic rings. The Kier molecular flexibility index (Phi) is 9.05. The van der Waals surface area contributed by atoms with Crippen molar-refractivity contribution in [2.45, 2.75) is 58.5 Å². The molecule has 3 aromatic carbocycles. The highest BCUT2D eigenvalue weighted by molar-refractivity contribution is 6.10. The minimum Gasteiger partial charge on any atom is -0.494 e. The first-order valence-electron chi connectivity index (χ1n) is 14.0. The lowest BCUT2D eigenvalue weighted by molar-refractivity contribution is -0.150. The van der Waals surface area contributed by atoms with Crippen LogP contribution in [0, 0.1) is 11.8 Å². The summed E-state index contributed by atoms with van der Waals surface area (Å²) in [5.41, 5.74) is 1.96. The molecule has 4 atom stereocenters. The van der Waals surface area contributed by atoms with Crippen LogP contribution in [0.5, 0.6) is 5.75 Å². The van der Waals surface area contributed by atoms with Crippen molar-refractivity contribution in [2.75, 3.05) is 17.2 Å². The molecule has 0 bridgehead atoms. The fraction of sp³-hybridized carbons (Fsp3) is 0.364. The van der Waals surface area contributed by atoms with Gasteiger partial charge >= 0.3 is 0 Å². The number of hydrogen-bond donors (Lipinski definition) is 3. The Hall–Kier alpha value is -3.97. The zero-order valence-electron chi connectivity index (χ0n) is 23.6. The van der Waals surface area contributed by atoms with Crippen LogP contribution < -0.4 is 15.4 Å². The Balaban J connectivity index is 1.83. The van der Waals surface area contributed by atoms with Gasteiger partial charge in [-0.25, -0.2) is 0 Å². The number of aryl methyl sites for hydroxylation is 2. The third-order valence-electron chi connectivity index (χ3n) is 7.72. The van der Waals surface area contributed by atoms with Gasteiger partial charge in [0.2, 0.25) is 11.8 Å². The Morgan fingerprint density at radius 3 is 1.95 bits per heavy atom. The van der Waals surface area contributed by atoms with Crippen LogP contribution in [0.1, 0.15) is 56.7 Å². The normalized spacial score (nSPS) is 22.4. The van der Waals surface area contributed by atoms with Crippen LogP contribution in [0.3, 0.4) is 0 Å². The van der Waals surface area contributed by atoms with E-state index >= 15 is 0 Å². The lowest BCUT2D eigenvalue weighted by atomic mass is 9.61. The van der Waals surface area contributed by atoms with Crippen molar-refractivity contribution in [2.24, 2.45) is 11.8 Å². The number of amides is 2. The zero-order valence-corrected chi connectivity index (χ0v) is 23.6. The average Bonchev–Trinajstić information content (AvgIpc) is 2.93. The van der Waals surface area contributed by atoms with Crippen LogP contribution in [0.25, 0.3) is 0 Å². The number of ketones is 1. The molecule has 210 valence electrons. The number of Topliss-reactive ketones (excluding diaryl/α,β-unsaturated/α-hetero) is 1. The molecule has 1 aliphatic rings. The van der Waals surface area contributed by atoms with E-state index in [2.05, 4.69) is 10.6 Å². The van der Waals surface area contributed by atoms with E-state index in [-0.39, 0.29) is 6.42 Å². The molecule has 0 aliphatic heterocycles. The maximum atomic E-state index is 14.1. The summed E-state index contributed by atoms with van der Waals surface area (Å²) in [6, 6.07) is 22.0. The van der Waals surface area contributed by atoms with Crippen molar-refractivity contribution >= 4 is 29.0 Å². The molecule has 1 saturated carbocycles. The summed E-state index contributed by atoms with van der Waals surface area (Å²) in [7, 11) is 0. The summed E-state index contributed by atoms with van der Waals surface area (Å²) >= 11 is 0. The smallest absolute Gasteiger partial charge is 0.235 e. The van der Waals surface area contributed by atoms with E-state index in [4.69, 9.17) is 4.74 Å². The molecule has 0 saturated heterocycles. The average molecular weight is 543 g/mol. The molecule has 1 fully saturated rings. The number of para-hydroxylation sites is 3. The van der Waals surface area contributed by atoms with Gasteiger partial charge in [-0.05, 0) is 61.6 Å². The van der Waals surface area contributed by atoms with Gasteiger partial charge < -0.3 is 20.5 Å². The van der Waals surface area contributed by atoms with E-state index in [1.807, 2.05) is 63.2 Å². The molecule has 3 N–H and O–H groups in total. The van der Waals surface area contributed by atoms with E-state index in [0.717, 1.165) is 11.1 Å². The first-order valence-corrected chi connectivity index (χ1v) is 14.0. The lowest BCUT2D eigenvalue weighted by Gasteiger charge is -2.44. The summed E-state index contributed by atoms with van der Waals surface area (Å²) in [6.07, 6.45) is 1.07. The van der Waals surface area contributed by atoms with Crippen LogP contribution in [0.4, 0.5) is 11.4 Å². The molecule has 0 radical (unpaired) electrons. The van der Waals surface area contributed by atoms with E-state index in [0.29, 0.717) is 42.1 Å². The van der Waals surface area contributed by atoms with E-state index in [1.165, 1.54) is 6.92 Å². The fourth-order valence-electron chi connectivity index (χ4n) is 5.83. The van der Waals surface area contributed by atoms with Crippen molar-refractivity contribution in [3.8, 4) is 5.75 Å². The number of carbonyl (C=O) groups is 3. The third-order valence-corrected chi connectivity index (χ3v) is 7.72. The van der Waals surface area contributed by atoms with Crippen molar-refractivity contribution in [3.63, 3.8) is 0 Å². The Morgan fingerprint density at radius 2 is 1.38 bits per heavy atom. The van der Waals surface area contributed by atoms with Gasteiger partial charge in [0, 0.05) is 23.7 Å². The molecule has 7 heteroatoms. The second kappa shape index (κ2) is 12.5. The highest BCUT2D eigenvalue weighted by Crippen LogP contribution is 2.49. The third kappa shape index (κ3) is 5.94. The van der Waals surface area contributed by atoms with Gasteiger partial charge in [-0.3, -0.25) is 14.4 Å². The van der Waals surface area contributed by atoms with Crippen molar-refractivity contribution in [1.29, 1.82) is 0 Å². The van der Waals surface area contributed by atoms with Gasteiger partial charge in [-0.1, -0.05) is 68.4 Å². The monoisotopic (exact) mass is 542 g/mol. The number of benzene rings is 3. The summed E-state index contributed by atoms with van der Waals surface area (Å²) in [6.45, 7) is 7.68. The van der Waals surface area contributed by atoms with Gasteiger partial charge in [0.05, 0.1) is 18.1 Å². The number of rotatable bonds is 9. The number of nitrogens with one attached hydrogen (secondary N) is 2. The van der Waals surface area contributed by atoms with Crippen LogP contribution in [-0.4, -0.2) is 34.9 Å². The Morgan fingerprint density at radius 1 is 0.850 bits per heavy atom. The largest absolute Gasteiger partial charge is 0.494 e. The molecule has 0 spiro atoms. The number of anilines is 2. The zero-order chi connectivity index (χ0) is 28.9. The molecule has 4 rings (SSSR count). The Labute approximate surface area is 236 Å². The predicted molar refractivity (Wildman–Crippen MR) is 156 cm³/mol.